The first-order chi connectivity index (χ1) is 7.40. The number of hydrogen-bond donors (Lipinski definition) is 0. The van der Waals surface area contributed by atoms with Crippen molar-refractivity contribution in [3.05, 3.63) is 0 Å². The average molecular weight is 248 g/mol. The molecule has 0 bridgehead atoms. The van der Waals surface area contributed by atoms with Crippen LogP contribution in [0.2, 0.25) is 0 Å². The van der Waals surface area contributed by atoms with Crippen LogP contribution in [0.25, 0.3) is 0 Å². The summed E-state index contributed by atoms with van der Waals surface area (Å²) in [4.78, 5) is 11.8. The Morgan fingerprint density at radius 2 is 2.00 bits per heavy atom. The molecule has 0 rings (SSSR count). The molecule has 0 aromatic rings. The van der Waals surface area contributed by atoms with Crippen LogP contribution in [0.5, 0.6) is 0 Å². The molecule has 0 atom stereocenters. The highest BCUT2D eigenvalue weighted by Crippen LogP contribution is 2.24. The number of methoxy groups -OCH3 is 1. The molecule has 16 heavy (non-hydrogen) atoms. The van der Waals surface area contributed by atoms with Crippen LogP contribution in [0.1, 0.15) is 27.7 Å². The molecular weight excluding hydrogens is 224 g/mol. The third-order valence-corrected chi connectivity index (χ3v) is 3.17. The molecule has 0 aromatic heterocycles. The minimum Gasteiger partial charge on any atom is -0.384 e. The van der Waals surface area contributed by atoms with Gasteiger partial charge >= 0.3 is 0 Å². The van der Waals surface area contributed by atoms with Crippen molar-refractivity contribution in [1.82, 2.24) is 0 Å². The van der Waals surface area contributed by atoms with Gasteiger partial charge in [-0.15, -0.1) is 0 Å². The van der Waals surface area contributed by atoms with E-state index in [4.69, 9.17) is 9.47 Å². The van der Waals surface area contributed by atoms with E-state index in [1.807, 2.05) is 13.8 Å². The molecule has 0 saturated heterocycles. The first-order valence-corrected chi connectivity index (χ1v) is 6.62. The van der Waals surface area contributed by atoms with E-state index in [-0.39, 0.29) is 5.12 Å². The van der Waals surface area contributed by atoms with Crippen molar-refractivity contribution in [3.8, 4) is 0 Å². The minimum atomic E-state index is -0.409. The van der Waals surface area contributed by atoms with E-state index in [0.717, 1.165) is 0 Å². The Bertz CT molecular complexity index is 202. The zero-order valence-corrected chi connectivity index (χ0v) is 11.9. The van der Waals surface area contributed by atoms with Gasteiger partial charge in [-0.3, -0.25) is 4.79 Å². The zero-order chi connectivity index (χ0) is 12.6. The Morgan fingerprint density at radius 1 is 1.38 bits per heavy atom. The molecule has 0 radical (unpaired) electrons. The lowest BCUT2D eigenvalue weighted by Gasteiger charge is -2.22. The van der Waals surface area contributed by atoms with Crippen molar-refractivity contribution < 1.29 is 14.3 Å². The molecule has 0 fully saturated rings. The van der Waals surface area contributed by atoms with E-state index in [1.165, 1.54) is 11.8 Å². The van der Waals surface area contributed by atoms with E-state index >= 15 is 0 Å². The SMILES string of the molecule is COCCSC(=O)C(C)(C)COCC(C)C. The topological polar surface area (TPSA) is 35.5 Å². The Kier molecular flexibility index (Phi) is 8.06. The van der Waals surface area contributed by atoms with Crippen molar-refractivity contribution in [2.24, 2.45) is 11.3 Å². The lowest BCUT2D eigenvalue weighted by Crippen LogP contribution is -2.28. The number of ether oxygens (including phenoxy) is 2. The fourth-order valence-electron chi connectivity index (χ4n) is 1.02. The number of carbonyl (C=O) groups is 1. The Morgan fingerprint density at radius 3 is 2.50 bits per heavy atom. The Labute approximate surface area is 103 Å². The summed E-state index contributed by atoms with van der Waals surface area (Å²) >= 11 is 1.32. The Balaban J connectivity index is 3.86. The molecule has 3 nitrogen and oxygen atoms in total. The number of carbonyl (C=O) groups excluding carboxylic acids is 1. The number of hydrogen-bond acceptors (Lipinski definition) is 4. The molecule has 0 spiro atoms. The maximum absolute atomic E-state index is 11.8. The van der Waals surface area contributed by atoms with Gasteiger partial charge < -0.3 is 9.47 Å². The van der Waals surface area contributed by atoms with E-state index < -0.39 is 5.41 Å². The summed E-state index contributed by atoms with van der Waals surface area (Å²) in [6.07, 6.45) is 0. The van der Waals surface area contributed by atoms with Crippen LogP contribution in [-0.4, -0.2) is 37.8 Å². The molecule has 0 amide bonds. The van der Waals surface area contributed by atoms with E-state index in [0.29, 0.717) is 31.5 Å². The van der Waals surface area contributed by atoms with E-state index in [1.54, 1.807) is 7.11 Å². The van der Waals surface area contributed by atoms with Gasteiger partial charge in [0, 0.05) is 19.5 Å². The second-order valence-electron chi connectivity index (χ2n) is 4.92. The van der Waals surface area contributed by atoms with Crippen LogP contribution in [0.4, 0.5) is 0 Å². The highest BCUT2D eigenvalue weighted by Gasteiger charge is 2.28. The van der Waals surface area contributed by atoms with Gasteiger partial charge in [0.25, 0.3) is 0 Å². The molecule has 0 unspecified atom stereocenters. The molecule has 0 aliphatic heterocycles. The normalized spacial score (nSPS) is 12.1. The van der Waals surface area contributed by atoms with Gasteiger partial charge in [0.1, 0.15) is 0 Å². The van der Waals surface area contributed by atoms with Crippen LogP contribution < -0.4 is 0 Å². The predicted molar refractivity (Wildman–Crippen MR) is 68.8 cm³/mol. The molecule has 4 heteroatoms. The fraction of sp³-hybridized carbons (Fsp3) is 0.917. The van der Waals surface area contributed by atoms with Gasteiger partial charge in [-0.1, -0.05) is 25.6 Å². The summed E-state index contributed by atoms with van der Waals surface area (Å²) in [5.41, 5.74) is -0.409. The molecule has 0 heterocycles. The van der Waals surface area contributed by atoms with Gasteiger partial charge in [0.2, 0.25) is 0 Å². The van der Waals surface area contributed by atoms with Gasteiger partial charge in [0.15, 0.2) is 5.12 Å². The molecule has 0 N–H and O–H groups in total. The van der Waals surface area contributed by atoms with Crippen molar-refractivity contribution in [2.45, 2.75) is 27.7 Å². The van der Waals surface area contributed by atoms with Crippen molar-refractivity contribution in [1.29, 1.82) is 0 Å². The summed E-state index contributed by atoms with van der Waals surface area (Å²) in [5.74, 6) is 1.22. The van der Waals surface area contributed by atoms with Crippen LogP contribution in [0.15, 0.2) is 0 Å². The summed E-state index contributed by atoms with van der Waals surface area (Å²) in [7, 11) is 1.64. The monoisotopic (exact) mass is 248 g/mol. The van der Waals surface area contributed by atoms with Crippen LogP contribution >= 0.6 is 11.8 Å². The van der Waals surface area contributed by atoms with E-state index in [2.05, 4.69) is 13.8 Å². The molecule has 0 aromatic carbocycles. The Hall–Kier alpha value is -0.0600. The quantitative estimate of drug-likeness (QED) is 0.619. The van der Waals surface area contributed by atoms with Crippen LogP contribution in [0, 0.1) is 11.3 Å². The van der Waals surface area contributed by atoms with Gasteiger partial charge in [-0.05, 0) is 19.8 Å². The first kappa shape index (κ1) is 15.9. The smallest absolute Gasteiger partial charge is 0.196 e. The van der Waals surface area contributed by atoms with Crippen LogP contribution in [0.3, 0.4) is 0 Å². The van der Waals surface area contributed by atoms with Crippen LogP contribution in [-0.2, 0) is 14.3 Å². The number of rotatable bonds is 8. The summed E-state index contributed by atoms with van der Waals surface area (Å²) in [6.45, 7) is 9.86. The summed E-state index contributed by atoms with van der Waals surface area (Å²) in [6, 6.07) is 0. The third kappa shape index (κ3) is 7.25. The minimum absolute atomic E-state index is 0.174. The highest BCUT2D eigenvalue weighted by atomic mass is 32.2. The van der Waals surface area contributed by atoms with E-state index in [9.17, 15) is 4.79 Å². The average Bonchev–Trinajstić information content (AvgIpc) is 2.17. The zero-order valence-electron chi connectivity index (χ0n) is 11.0. The lowest BCUT2D eigenvalue weighted by atomic mass is 9.97. The largest absolute Gasteiger partial charge is 0.384 e. The highest BCUT2D eigenvalue weighted by molar-refractivity contribution is 8.13. The second-order valence-corrected chi connectivity index (χ2v) is 5.99. The van der Waals surface area contributed by atoms with Crippen molar-refractivity contribution >= 4 is 16.9 Å². The molecule has 96 valence electrons. The second kappa shape index (κ2) is 8.09. The molecule has 0 aliphatic carbocycles. The summed E-state index contributed by atoms with van der Waals surface area (Å²) in [5, 5.41) is 0.174. The first-order valence-electron chi connectivity index (χ1n) is 5.64. The third-order valence-electron chi connectivity index (χ3n) is 1.99. The standard InChI is InChI=1S/C12H24O3S/c1-10(2)8-15-9-12(3,4)11(13)16-7-6-14-5/h10H,6-9H2,1-5H3. The lowest BCUT2D eigenvalue weighted by molar-refractivity contribution is -0.121. The maximum Gasteiger partial charge on any atom is 0.196 e. The molecule has 0 saturated carbocycles. The van der Waals surface area contributed by atoms with Gasteiger partial charge in [0.05, 0.1) is 18.6 Å². The van der Waals surface area contributed by atoms with Gasteiger partial charge in [-0.2, -0.15) is 0 Å². The molecular formula is C12H24O3S. The van der Waals surface area contributed by atoms with Gasteiger partial charge in [-0.25, -0.2) is 0 Å². The fourth-order valence-corrected chi connectivity index (χ4v) is 1.91. The summed E-state index contributed by atoms with van der Waals surface area (Å²) < 4.78 is 10.4. The maximum atomic E-state index is 11.8. The number of thioether (sulfide) groups is 1. The molecule has 0 aliphatic rings. The predicted octanol–water partition coefficient (Wildman–Crippen LogP) is 2.59. The van der Waals surface area contributed by atoms with Crippen molar-refractivity contribution in [2.75, 3.05) is 32.7 Å². The van der Waals surface area contributed by atoms with Crippen molar-refractivity contribution in [3.63, 3.8) is 0 Å².